The first-order valence-corrected chi connectivity index (χ1v) is 20.2. The van der Waals surface area contributed by atoms with Crippen molar-refractivity contribution in [2.24, 2.45) is 0 Å². The molecule has 0 fully saturated rings. The number of ether oxygens (including phenoxy) is 2. The highest BCUT2D eigenvalue weighted by molar-refractivity contribution is 5.69. The van der Waals surface area contributed by atoms with Crippen molar-refractivity contribution < 1.29 is 38.9 Å². The van der Waals surface area contributed by atoms with Gasteiger partial charge in [0.15, 0.2) is 0 Å². The predicted molar refractivity (Wildman–Crippen MR) is 194 cm³/mol. The standard InChI is InChI=1S/C40H74O8/c41-37(42)31-25-21-17-13-9-5-1-3-7-11-15-19-23-27-33-39(45)47-35-29-30-36-48-40(46)34-28-24-20-16-12-8-4-2-6-10-14-18-22-26-32-38(43)44/h1-36H2,(H,41,42)(H,43,44). The zero-order valence-electron chi connectivity index (χ0n) is 30.8. The highest BCUT2D eigenvalue weighted by Gasteiger charge is 2.05. The summed E-state index contributed by atoms with van der Waals surface area (Å²) in [4.78, 5) is 44.8. The van der Waals surface area contributed by atoms with Crippen molar-refractivity contribution in [3.63, 3.8) is 0 Å². The second-order valence-corrected chi connectivity index (χ2v) is 13.8. The van der Waals surface area contributed by atoms with Crippen LogP contribution >= 0.6 is 0 Å². The van der Waals surface area contributed by atoms with Crippen molar-refractivity contribution in [3.05, 3.63) is 0 Å². The van der Waals surface area contributed by atoms with Gasteiger partial charge >= 0.3 is 23.9 Å². The molecule has 0 saturated carbocycles. The lowest BCUT2D eigenvalue weighted by atomic mass is 10.0. The first kappa shape index (κ1) is 45.9. The van der Waals surface area contributed by atoms with E-state index >= 15 is 0 Å². The van der Waals surface area contributed by atoms with Gasteiger partial charge < -0.3 is 19.7 Å². The molecule has 0 aliphatic heterocycles. The van der Waals surface area contributed by atoms with Gasteiger partial charge in [0, 0.05) is 25.7 Å². The molecule has 0 aromatic carbocycles. The Hall–Kier alpha value is -2.12. The van der Waals surface area contributed by atoms with E-state index < -0.39 is 11.9 Å². The van der Waals surface area contributed by atoms with E-state index in [0.29, 0.717) is 38.9 Å². The Morgan fingerprint density at radius 1 is 0.271 bits per heavy atom. The van der Waals surface area contributed by atoms with Crippen LogP contribution in [0.25, 0.3) is 0 Å². The maximum absolute atomic E-state index is 11.9. The molecular formula is C40H74O8. The topological polar surface area (TPSA) is 127 Å². The molecule has 0 unspecified atom stereocenters. The van der Waals surface area contributed by atoms with Crippen molar-refractivity contribution in [1.82, 2.24) is 0 Å². The van der Waals surface area contributed by atoms with E-state index in [9.17, 15) is 19.2 Å². The summed E-state index contributed by atoms with van der Waals surface area (Å²) in [6, 6.07) is 0. The third-order valence-electron chi connectivity index (χ3n) is 9.11. The smallest absolute Gasteiger partial charge is 0.305 e. The van der Waals surface area contributed by atoms with Gasteiger partial charge in [0.25, 0.3) is 0 Å². The second kappa shape index (κ2) is 37.7. The number of carbonyl (C=O) groups excluding carboxylic acids is 2. The van der Waals surface area contributed by atoms with Crippen LogP contribution in [0.1, 0.15) is 218 Å². The van der Waals surface area contributed by atoms with Crippen LogP contribution in [0.5, 0.6) is 0 Å². The maximum atomic E-state index is 11.9. The van der Waals surface area contributed by atoms with E-state index in [1.54, 1.807) is 0 Å². The molecule has 0 radical (unpaired) electrons. The second-order valence-electron chi connectivity index (χ2n) is 13.8. The monoisotopic (exact) mass is 683 g/mol. The Bertz CT molecular complexity index is 692. The van der Waals surface area contributed by atoms with E-state index in [0.717, 1.165) is 77.0 Å². The average Bonchev–Trinajstić information content (AvgIpc) is 3.05. The molecule has 0 saturated heterocycles. The fourth-order valence-electron chi connectivity index (χ4n) is 6.05. The number of unbranched alkanes of at least 4 members (excludes halogenated alkanes) is 27. The summed E-state index contributed by atoms with van der Waals surface area (Å²) in [5.74, 6) is -1.61. The number of carboxylic acid groups (broad SMARTS) is 2. The molecule has 48 heavy (non-hydrogen) atoms. The third kappa shape index (κ3) is 40.1. The van der Waals surface area contributed by atoms with E-state index in [1.165, 1.54) is 116 Å². The molecule has 2 N–H and O–H groups in total. The molecule has 0 atom stereocenters. The number of rotatable bonds is 39. The van der Waals surface area contributed by atoms with Crippen LogP contribution in [0.4, 0.5) is 0 Å². The van der Waals surface area contributed by atoms with Crippen molar-refractivity contribution in [3.8, 4) is 0 Å². The molecule has 0 bridgehead atoms. The number of aliphatic carboxylic acids is 2. The first-order chi connectivity index (χ1) is 23.4. The van der Waals surface area contributed by atoms with Crippen LogP contribution in [-0.2, 0) is 28.7 Å². The van der Waals surface area contributed by atoms with Crippen LogP contribution < -0.4 is 0 Å². The van der Waals surface area contributed by atoms with Gasteiger partial charge in [-0.15, -0.1) is 0 Å². The minimum Gasteiger partial charge on any atom is -0.481 e. The van der Waals surface area contributed by atoms with E-state index in [1.807, 2.05) is 0 Å². The fourth-order valence-corrected chi connectivity index (χ4v) is 6.05. The van der Waals surface area contributed by atoms with Gasteiger partial charge in [0.05, 0.1) is 13.2 Å². The maximum Gasteiger partial charge on any atom is 0.305 e. The molecule has 0 aliphatic rings. The molecule has 0 aromatic rings. The molecule has 0 aliphatic carbocycles. The number of hydrogen-bond donors (Lipinski definition) is 2. The Kier molecular flexibility index (Phi) is 36.0. The molecule has 8 heteroatoms. The summed E-state index contributed by atoms with van der Waals surface area (Å²) in [6.45, 7) is 0.800. The van der Waals surface area contributed by atoms with Crippen LogP contribution in [0, 0.1) is 0 Å². The van der Waals surface area contributed by atoms with Gasteiger partial charge in [-0.1, -0.05) is 154 Å². The number of carbonyl (C=O) groups is 4. The largest absolute Gasteiger partial charge is 0.481 e. The Morgan fingerprint density at radius 3 is 0.667 bits per heavy atom. The van der Waals surface area contributed by atoms with Gasteiger partial charge in [0.2, 0.25) is 0 Å². The summed E-state index contributed by atoms with van der Waals surface area (Å²) < 4.78 is 10.7. The first-order valence-electron chi connectivity index (χ1n) is 20.2. The Morgan fingerprint density at radius 2 is 0.458 bits per heavy atom. The highest BCUT2D eigenvalue weighted by Crippen LogP contribution is 2.15. The van der Waals surface area contributed by atoms with Gasteiger partial charge in [-0.05, 0) is 38.5 Å². The molecule has 0 aromatic heterocycles. The number of carboxylic acids is 2. The molecule has 0 rings (SSSR count). The summed E-state index contributed by atoms with van der Waals surface area (Å²) in [6.07, 6.45) is 35.7. The average molecular weight is 683 g/mol. The van der Waals surface area contributed by atoms with Crippen molar-refractivity contribution in [2.45, 2.75) is 218 Å². The highest BCUT2D eigenvalue weighted by atomic mass is 16.5. The number of esters is 2. The van der Waals surface area contributed by atoms with E-state index in [2.05, 4.69) is 0 Å². The SMILES string of the molecule is O=C(O)CCCCCCCCCCCCCCCCC(=O)OCCCCOC(=O)CCCCCCCCCCCCCCCCC(=O)O. The Labute approximate surface area is 293 Å². The summed E-state index contributed by atoms with van der Waals surface area (Å²) in [5, 5.41) is 17.3. The van der Waals surface area contributed by atoms with Gasteiger partial charge in [-0.2, -0.15) is 0 Å². The molecule has 0 spiro atoms. The fraction of sp³-hybridized carbons (Fsp3) is 0.900. The van der Waals surface area contributed by atoms with Crippen LogP contribution in [0.15, 0.2) is 0 Å². The lowest BCUT2D eigenvalue weighted by Crippen LogP contribution is -2.08. The number of hydrogen-bond acceptors (Lipinski definition) is 6. The zero-order chi connectivity index (χ0) is 35.2. The van der Waals surface area contributed by atoms with Crippen molar-refractivity contribution in [2.75, 3.05) is 13.2 Å². The van der Waals surface area contributed by atoms with E-state index in [-0.39, 0.29) is 11.9 Å². The van der Waals surface area contributed by atoms with Gasteiger partial charge in [0.1, 0.15) is 0 Å². The van der Waals surface area contributed by atoms with Crippen LogP contribution in [0.3, 0.4) is 0 Å². The Balaban J connectivity index is 3.26. The van der Waals surface area contributed by atoms with Crippen LogP contribution in [0.2, 0.25) is 0 Å². The summed E-state index contributed by atoms with van der Waals surface area (Å²) in [5.41, 5.74) is 0. The normalized spacial score (nSPS) is 11.1. The minimum atomic E-state index is -0.684. The lowest BCUT2D eigenvalue weighted by molar-refractivity contribution is -0.146. The molecule has 0 heterocycles. The van der Waals surface area contributed by atoms with Gasteiger partial charge in [-0.3, -0.25) is 19.2 Å². The predicted octanol–water partition coefficient (Wildman–Crippen LogP) is 11.5. The summed E-state index contributed by atoms with van der Waals surface area (Å²) >= 11 is 0. The van der Waals surface area contributed by atoms with Gasteiger partial charge in [-0.25, -0.2) is 0 Å². The van der Waals surface area contributed by atoms with E-state index in [4.69, 9.17) is 19.7 Å². The van der Waals surface area contributed by atoms with Crippen LogP contribution in [-0.4, -0.2) is 47.3 Å². The zero-order valence-corrected chi connectivity index (χ0v) is 30.8. The van der Waals surface area contributed by atoms with Crippen molar-refractivity contribution >= 4 is 23.9 Å². The summed E-state index contributed by atoms with van der Waals surface area (Å²) in [7, 11) is 0. The molecule has 8 nitrogen and oxygen atoms in total. The molecule has 282 valence electrons. The van der Waals surface area contributed by atoms with Crippen molar-refractivity contribution in [1.29, 1.82) is 0 Å². The molecule has 0 amide bonds. The lowest BCUT2D eigenvalue weighted by Gasteiger charge is -2.07. The quantitative estimate of drug-likeness (QED) is 0.0484. The third-order valence-corrected chi connectivity index (χ3v) is 9.11. The minimum absolute atomic E-state index is 0.118. The molecular weight excluding hydrogens is 608 g/mol.